The van der Waals surface area contributed by atoms with Gasteiger partial charge in [0.1, 0.15) is 10.7 Å². The lowest BCUT2D eigenvalue weighted by Crippen LogP contribution is -2.34. The van der Waals surface area contributed by atoms with Crippen molar-refractivity contribution in [2.45, 2.75) is 18.5 Å². The summed E-state index contributed by atoms with van der Waals surface area (Å²) in [6.45, 7) is -1.72. The van der Waals surface area contributed by atoms with Crippen LogP contribution in [-0.4, -0.2) is 23.9 Å². The molecule has 10 heteroatoms. The van der Waals surface area contributed by atoms with Crippen LogP contribution < -0.4 is 10.5 Å². The Morgan fingerprint density at radius 3 is 2.19 bits per heavy atom. The molecular formula is C11H8F7NOS. The third-order valence-electron chi connectivity index (χ3n) is 2.31. The number of thiocarbonyl (C=S) groups is 1. The van der Waals surface area contributed by atoms with E-state index in [1.165, 1.54) is 0 Å². The van der Waals surface area contributed by atoms with E-state index in [0.717, 1.165) is 0 Å². The number of benzene rings is 1. The molecule has 0 saturated heterocycles. The fraction of sp³-hybridized carbons (Fsp3) is 0.364. The first kappa shape index (κ1) is 17.5. The zero-order valence-corrected chi connectivity index (χ0v) is 10.9. The SMILES string of the molecule is NC(=S)c1cc(C(F)(F)F)ccc1OCC(F)(F)C(F)F. The molecule has 0 radical (unpaired) electrons. The molecule has 0 bridgehead atoms. The standard InChI is InChI=1S/C11H8F7NOS/c12-9(13)10(14,15)4-20-7-2-1-5(11(16,17)18)3-6(7)8(19)21/h1-3,9H,4H2,(H2,19,21). The van der Waals surface area contributed by atoms with Crippen molar-refractivity contribution in [2.75, 3.05) is 6.61 Å². The molecule has 0 aliphatic heterocycles. The first-order valence-electron chi connectivity index (χ1n) is 5.25. The second-order valence-corrected chi connectivity index (χ2v) is 4.36. The molecule has 118 valence electrons. The van der Waals surface area contributed by atoms with Gasteiger partial charge in [0.15, 0.2) is 6.61 Å². The van der Waals surface area contributed by atoms with Crippen molar-refractivity contribution in [3.63, 3.8) is 0 Å². The van der Waals surface area contributed by atoms with Gasteiger partial charge >= 0.3 is 18.5 Å². The Labute approximate surface area is 119 Å². The minimum absolute atomic E-state index is 0.468. The fourth-order valence-corrected chi connectivity index (χ4v) is 1.42. The highest BCUT2D eigenvalue weighted by molar-refractivity contribution is 7.80. The number of nitrogens with two attached hydrogens (primary N) is 1. The first-order chi connectivity index (χ1) is 9.45. The van der Waals surface area contributed by atoms with Crippen molar-refractivity contribution >= 4 is 17.2 Å². The minimum Gasteiger partial charge on any atom is -0.486 e. The van der Waals surface area contributed by atoms with Gasteiger partial charge in [0.2, 0.25) is 0 Å². The van der Waals surface area contributed by atoms with Crippen molar-refractivity contribution in [1.29, 1.82) is 0 Å². The van der Waals surface area contributed by atoms with Gasteiger partial charge in [-0.2, -0.15) is 22.0 Å². The Morgan fingerprint density at radius 2 is 1.76 bits per heavy atom. The van der Waals surface area contributed by atoms with E-state index < -0.39 is 47.0 Å². The van der Waals surface area contributed by atoms with Crippen LogP contribution in [0.4, 0.5) is 30.7 Å². The summed E-state index contributed by atoms with van der Waals surface area (Å²) in [6, 6.07) is 1.73. The first-order valence-corrected chi connectivity index (χ1v) is 5.66. The monoisotopic (exact) mass is 335 g/mol. The Bertz CT molecular complexity index is 530. The van der Waals surface area contributed by atoms with E-state index in [1.54, 1.807) is 0 Å². The number of hydrogen-bond donors (Lipinski definition) is 1. The zero-order chi connectivity index (χ0) is 16.4. The maximum atomic E-state index is 12.7. The van der Waals surface area contributed by atoms with E-state index in [9.17, 15) is 30.7 Å². The summed E-state index contributed by atoms with van der Waals surface area (Å²) in [7, 11) is 0. The minimum atomic E-state index is -4.70. The fourth-order valence-electron chi connectivity index (χ4n) is 1.26. The van der Waals surface area contributed by atoms with E-state index in [1.807, 2.05) is 0 Å². The topological polar surface area (TPSA) is 35.2 Å². The summed E-state index contributed by atoms with van der Waals surface area (Å²) < 4.78 is 91.3. The van der Waals surface area contributed by atoms with Gasteiger partial charge < -0.3 is 10.5 Å². The normalized spacial score (nSPS) is 12.6. The van der Waals surface area contributed by atoms with Gasteiger partial charge in [-0.15, -0.1) is 0 Å². The molecule has 0 spiro atoms. The molecule has 0 aliphatic rings. The maximum absolute atomic E-state index is 12.7. The van der Waals surface area contributed by atoms with Crippen LogP contribution in [0, 0.1) is 0 Å². The van der Waals surface area contributed by atoms with Crippen molar-refractivity contribution in [1.82, 2.24) is 0 Å². The van der Waals surface area contributed by atoms with E-state index in [4.69, 9.17) is 5.73 Å². The molecule has 1 aromatic rings. The van der Waals surface area contributed by atoms with Crippen LogP contribution in [-0.2, 0) is 6.18 Å². The van der Waals surface area contributed by atoms with Crippen LogP contribution in [0.15, 0.2) is 18.2 Å². The van der Waals surface area contributed by atoms with Gasteiger partial charge in [0.25, 0.3) is 0 Å². The molecule has 21 heavy (non-hydrogen) atoms. The molecule has 0 atom stereocenters. The Kier molecular flexibility index (Phi) is 5.03. The van der Waals surface area contributed by atoms with E-state index in [-0.39, 0.29) is 0 Å². The molecule has 2 nitrogen and oxygen atoms in total. The zero-order valence-electron chi connectivity index (χ0n) is 10.1. The van der Waals surface area contributed by atoms with E-state index in [0.29, 0.717) is 18.2 Å². The molecule has 2 N–H and O–H groups in total. The predicted molar refractivity (Wildman–Crippen MR) is 63.8 cm³/mol. The Morgan fingerprint density at radius 1 is 1.19 bits per heavy atom. The quantitative estimate of drug-likeness (QED) is 0.659. The van der Waals surface area contributed by atoms with Gasteiger partial charge in [-0.3, -0.25) is 0 Å². The molecule has 1 rings (SSSR count). The average Bonchev–Trinajstić information content (AvgIpc) is 2.34. The number of ether oxygens (including phenoxy) is 1. The van der Waals surface area contributed by atoms with Crippen LogP contribution in [0.1, 0.15) is 11.1 Å². The summed E-state index contributed by atoms with van der Waals surface area (Å²) >= 11 is 4.49. The highest BCUT2D eigenvalue weighted by Crippen LogP contribution is 2.33. The van der Waals surface area contributed by atoms with Crippen LogP contribution in [0.5, 0.6) is 5.75 Å². The second kappa shape index (κ2) is 6.04. The molecule has 0 unspecified atom stereocenters. The lowest BCUT2D eigenvalue weighted by atomic mass is 10.1. The molecule has 0 fully saturated rings. The Balaban J connectivity index is 3.06. The molecule has 0 heterocycles. The van der Waals surface area contributed by atoms with Crippen molar-refractivity contribution < 1.29 is 35.5 Å². The number of halogens is 7. The van der Waals surface area contributed by atoms with E-state index >= 15 is 0 Å². The Hall–Kier alpha value is -1.58. The van der Waals surface area contributed by atoms with Crippen LogP contribution >= 0.6 is 12.2 Å². The van der Waals surface area contributed by atoms with Crippen LogP contribution in [0.25, 0.3) is 0 Å². The maximum Gasteiger partial charge on any atom is 0.416 e. The number of rotatable bonds is 5. The lowest BCUT2D eigenvalue weighted by molar-refractivity contribution is -0.148. The van der Waals surface area contributed by atoms with Gasteiger partial charge in [-0.1, -0.05) is 12.2 Å². The number of hydrogen-bond acceptors (Lipinski definition) is 2. The van der Waals surface area contributed by atoms with Gasteiger partial charge in [0, 0.05) is 0 Å². The van der Waals surface area contributed by atoms with Crippen molar-refractivity contribution in [3.8, 4) is 5.75 Å². The summed E-state index contributed by atoms with van der Waals surface area (Å²) in [4.78, 5) is -0.545. The third-order valence-corrected chi connectivity index (χ3v) is 2.53. The molecule has 0 aliphatic carbocycles. The van der Waals surface area contributed by atoms with Gasteiger partial charge in [0.05, 0.1) is 11.1 Å². The smallest absolute Gasteiger partial charge is 0.416 e. The van der Waals surface area contributed by atoms with Crippen LogP contribution in [0.2, 0.25) is 0 Å². The third kappa shape index (κ3) is 4.45. The predicted octanol–water partition coefficient (Wildman–Crippen LogP) is 3.62. The summed E-state index contributed by atoms with van der Waals surface area (Å²) in [5, 5.41) is 0. The van der Waals surface area contributed by atoms with E-state index in [2.05, 4.69) is 17.0 Å². The lowest BCUT2D eigenvalue weighted by Gasteiger charge is -2.18. The van der Waals surface area contributed by atoms with Crippen molar-refractivity contribution in [3.05, 3.63) is 29.3 Å². The second-order valence-electron chi connectivity index (χ2n) is 3.92. The molecule has 1 aromatic carbocycles. The summed E-state index contributed by atoms with van der Waals surface area (Å²) in [5.41, 5.74) is 3.58. The van der Waals surface area contributed by atoms with Gasteiger partial charge in [-0.05, 0) is 18.2 Å². The largest absolute Gasteiger partial charge is 0.486 e. The van der Waals surface area contributed by atoms with Gasteiger partial charge in [-0.25, -0.2) is 8.78 Å². The highest BCUT2D eigenvalue weighted by atomic mass is 32.1. The average molecular weight is 335 g/mol. The molecule has 0 amide bonds. The summed E-state index contributed by atoms with van der Waals surface area (Å²) in [5.74, 6) is -4.98. The summed E-state index contributed by atoms with van der Waals surface area (Å²) in [6.07, 6.45) is -8.68. The van der Waals surface area contributed by atoms with Crippen LogP contribution in [0.3, 0.4) is 0 Å². The molecular weight excluding hydrogens is 327 g/mol. The highest BCUT2D eigenvalue weighted by Gasteiger charge is 2.42. The molecule has 0 aromatic heterocycles. The van der Waals surface area contributed by atoms with Crippen molar-refractivity contribution in [2.24, 2.45) is 5.73 Å². The number of alkyl halides is 7. The molecule has 0 saturated carbocycles.